The molecule has 1 heterocycles. The second-order valence-electron chi connectivity index (χ2n) is 5.49. The normalized spacial score (nSPS) is 11.6. The lowest BCUT2D eigenvalue weighted by Crippen LogP contribution is -2.37. The number of benzene rings is 2. The third kappa shape index (κ3) is 5.99. The van der Waals surface area contributed by atoms with Crippen molar-refractivity contribution in [2.75, 3.05) is 0 Å². The van der Waals surface area contributed by atoms with Crippen LogP contribution in [0.2, 0.25) is 0 Å². The van der Waals surface area contributed by atoms with Crippen molar-refractivity contribution in [3.05, 3.63) is 66.4 Å². The number of carbonyl (C=O) groups is 1. The minimum absolute atomic E-state index is 0.109. The predicted octanol–water partition coefficient (Wildman–Crippen LogP) is 2.45. The van der Waals surface area contributed by atoms with Gasteiger partial charge < -0.3 is 5.11 Å². The molecule has 7 nitrogen and oxygen atoms in total. The molecule has 0 atom stereocenters. The lowest BCUT2D eigenvalue weighted by molar-refractivity contribution is -0.743. The highest BCUT2D eigenvalue weighted by atomic mass is 32.2. The summed E-state index contributed by atoms with van der Waals surface area (Å²) < 4.78 is 64.4. The average Bonchev–Trinajstić information content (AvgIpc) is 2.61. The van der Waals surface area contributed by atoms with Crippen molar-refractivity contribution in [1.29, 1.82) is 0 Å². The summed E-state index contributed by atoms with van der Waals surface area (Å²) in [5, 5.41) is 12.7. The highest BCUT2D eigenvalue weighted by molar-refractivity contribution is 7.85. The molecule has 0 saturated heterocycles. The van der Waals surface area contributed by atoms with Gasteiger partial charge in [0, 0.05) is 22.1 Å². The average molecular weight is 415 g/mol. The van der Waals surface area contributed by atoms with Crippen LogP contribution in [0.25, 0.3) is 10.9 Å². The number of carboxylic acid groups (broad SMARTS) is 1. The summed E-state index contributed by atoms with van der Waals surface area (Å²) in [6.45, 7) is 0.524. The SMILES string of the molecule is O=C(O)C(F)(F)F.O=S(=O)(O)c1ccc(C[n+]2ccc3ccccc3n2)cc1. The first-order chi connectivity index (χ1) is 13.0. The van der Waals surface area contributed by atoms with Gasteiger partial charge in [0.15, 0.2) is 12.7 Å². The maximum Gasteiger partial charge on any atom is 0.490 e. The lowest BCUT2D eigenvalue weighted by atomic mass is 10.2. The molecule has 0 unspecified atom stereocenters. The van der Waals surface area contributed by atoms with E-state index in [1.54, 1.807) is 16.8 Å². The van der Waals surface area contributed by atoms with Crippen molar-refractivity contribution in [1.82, 2.24) is 5.10 Å². The van der Waals surface area contributed by atoms with Gasteiger partial charge in [0.2, 0.25) is 0 Å². The van der Waals surface area contributed by atoms with Gasteiger partial charge in [0.1, 0.15) is 5.52 Å². The molecule has 11 heteroatoms. The van der Waals surface area contributed by atoms with Crippen molar-refractivity contribution >= 4 is 27.0 Å². The molecule has 2 N–H and O–H groups in total. The number of alkyl halides is 3. The van der Waals surface area contributed by atoms with Crippen LogP contribution < -0.4 is 4.68 Å². The quantitative estimate of drug-likeness (QED) is 0.503. The first kappa shape index (κ1) is 21.3. The van der Waals surface area contributed by atoms with Crippen LogP contribution in [0.5, 0.6) is 0 Å². The van der Waals surface area contributed by atoms with Crippen LogP contribution in [0.15, 0.2) is 65.7 Å². The maximum atomic E-state index is 11.0. The molecule has 0 aliphatic heterocycles. The summed E-state index contributed by atoms with van der Waals surface area (Å²) in [6.07, 6.45) is -3.21. The number of rotatable bonds is 3. The van der Waals surface area contributed by atoms with Crippen LogP contribution in [0.1, 0.15) is 5.56 Å². The first-order valence-electron chi connectivity index (χ1n) is 7.59. The second kappa shape index (κ2) is 8.31. The smallest absolute Gasteiger partial charge is 0.475 e. The molecular weight excluding hydrogens is 401 g/mol. The summed E-state index contributed by atoms with van der Waals surface area (Å²) in [7, 11) is -4.14. The van der Waals surface area contributed by atoms with Crippen LogP contribution in [-0.4, -0.2) is 35.3 Å². The number of carboxylic acids is 1. The number of hydrogen-bond donors (Lipinski definition) is 2. The van der Waals surface area contributed by atoms with Crippen LogP contribution in [0.4, 0.5) is 13.2 Å². The fraction of sp³-hybridized carbons (Fsp3) is 0.118. The van der Waals surface area contributed by atoms with Gasteiger partial charge in [-0.15, -0.1) is 0 Å². The third-order valence-corrected chi connectivity index (χ3v) is 4.28. The monoisotopic (exact) mass is 415 g/mol. The molecule has 148 valence electrons. The highest BCUT2D eigenvalue weighted by Gasteiger charge is 2.38. The Bertz CT molecular complexity index is 1080. The van der Waals surface area contributed by atoms with E-state index in [1.165, 1.54) is 12.1 Å². The van der Waals surface area contributed by atoms with Crippen molar-refractivity contribution in [2.45, 2.75) is 17.6 Å². The Morgan fingerprint density at radius 1 is 1.04 bits per heavy atom. The molecule has 1 aromatic heterocycles. The Morgan fingerprint density at radius 3 is 2.14 bits per heavy atom. The van der Waals surface area contributed by atoms with E-state index in [9.17, 15) is 21.6 Å². The Hall–Kier alpha value is -3.05. The zero-order valence-corrected chi connectivity index (χ0v) is 14.9. The van der Waals surface area contributed by atoms with Gasteiger partial charge in [-0.25, -0.2) is 4.79 Å². The fourth-order valence-electron chi connectivity index (χ4n) is 2.10. The number of aliphatic carboxylic acids is 1. The molecule has 0 saturated carbocycles. The fourth-order valence-corrected chi connectivity index (χ4v) is 2.58. The van der Waals surface area contributed by atoms with E-state index in [1.807, 2.05) is 36.5 Å². The van der Waals surface area contributed by atoms with Crippen LogP contribution in [0.3, 0.4) is 0 Å². The minimum Gasteiger partial charge on any atom is -0.475 e. The Kier molecular flexibility index (Phi) is 6.31. The van der Waals surface area contributed by atoms with E-state index in [0.29, 0.717) is 6.54 Å². The van der Waals surface area contributed by atoms with Gasteiger partial charge in [-0.05, 0) is 18.2 Å². The lowest BCUT2D eigenvalue weighted by Gasteiger charge is -2.00. The highest BCUT2D eigenvalue weighted by Crippen LogP contribution is 2.13. The number of fused-ring (bicyclic) bond motifs is 1. The Balaban J connectivity index is 0.000000345. The Morgan fingerprint density at radius 2 is 1.61 bits per heavy atom. The largest absolute Gasteiger partial charge is 0.490 e. The second-order valence-corrected chi connectivity index (χ2v) is 6.92. The zero-order valence-electron chi connectivity index (χ0n) is 14.0. The van der Waals surface area contributed by atoms with Crippen LogP contribution >= 0.6 is 0 Å². The molecule has 28 heavy (non-hydrogen) atoms. The summed E-state index contributed by atoms with van der Waals surface area (Å²) >= 11 is 0. The molecule has 0 fully saturated rings. The number of hydrogen-bond acceptors (Lipinski definition) is 4. The Labute approximate surface area is 157 Å². The van der Waals surface area contributed by atoms with Gasteiger partial charge in [-0.3, -0.25) is 4.55 Å². The van der Waals surface area contributed by atoms with E-state index in [4.69, 9.17) is 14.5 Å². The van der Waals surface area contributed by atoms with E-state index in [-0.39, 0.29) is 4.90 Å². The van der Waals surface area contributed by atoms with Crippen molar-refractivity contribution in [2.24, 2.45) is 0 Å². The standard InChI is InChI=1S/C15H12N2O3S.C2HF3O2/c18-21(19,20)14-7-5-12(6-8-14)11-17-10-9-13-3-1-2-4-15(13)16-17;3-2(4,5)1(6)7/h1-10H,11H2;(H,6,7)/p+1. The molecule has 0 aliphatic rings. The molecule has 2 aromatic carbocycles. The van der Waals surface area contributed by atoms with Crippen LogP contribution in [0, 0.1) is 0 Å². The van der Waals surface area contributed by atoms with Crippen molar-refractivity contribution < 1.29 is 40.7 Å². The first-order valence-corrected chi connectivity index (χ1v) is 9.03. The molecule has 0 radical (unpaired) electrons. The third-order valence-electron chi connectivity index (χ3n) is 3.41. The van der Waals surface area contributed by atoms with Crippen molar-refractivity contribution in [3.63, 3.8) is 0 Å². The zero-order chi connectivity index (χ0) is 20.9. The maximum absolute atomic E-state index is 11.0. The van der Waals surface area contributed by atoms with Gasteiger partial charge in [-0.1, -0.05) is 35.0 Å². The predicted molar refractivity (Wildman–Crippen MR) is 91.0 cm³/mol. The number of aromatic nitrogens is 2. The number of nitrogens with zero attached hydrogens (tertiary/aromatic N) is 2. The molecule has 0 amide bonds. The number of halogens is 3. The molecular formula is C17H14F3N2O5S+. The van der Waals surface area contributed by atoms with Gasteiger partial charge in [-0.2, -0.15) is 21.6 Å². The van der Waals surface area contributed by atoms with Crippen molar-refractivity contribution in [3.8, 4) is 0 Å². The van der Waals surface area contributed by atoms with Gasteiger partial charge >= 0.3 is 12.1 Å². The summed E-state index contributed by atoms with van der Waals surface area (Å²) in [5.41, 5.74) is 1.80. The van der Waals surface area contributed by atoms with Gasteiger partial charge in [0.05, 0.1) is 4.90 Å². The molecule has 0 bridgehead atoms. The summed E-state index contributed by atoms with van der Waals surface area (Å²) in [5.74, 6) is -2.76. The van der Waals surface area contributed by atoms with Crippen LogP contribution in [-0.2, 0) is 21.5 Å². The molecule has 0 spiro atoms. The summed E-state index contributed by atoms with van der Waals surface area (Å²) in [6, 6.07) is 15.9. The minimum atomic E-state index is -5.08. The topological polar surface area (TPSA) is 108 Å². The van der Waals surface area contributed by atoms with E-state index in [0.717, 1.165) is 16.5 Å². The molecule has 0 aliphatic carbocycles. The molecule has 3 rings (SSSR count). The van der Waals surface area contributed by atoms with Gasteiger partial charge in [0.25, 0.3) is 10.1 Å². The van der Waals surface area contributed by atoms with E-state index in [2.05, 4.69) is 5.10 Å². The van der Waals surface area contributed by atoms with E-state index < -0.39 is 22.3 Å². The molecule has 3 aromatic rings. The van der Waals surface area contributed by atoms with E-state index >= 15 is 0 Å². The summed E-state index contributed by atoms with van der Waals surface area (Å²) in [4.78, 5) is 8.79.